The number of amides is 2. The maximum Gasteiger partial charge on any atom is 0.293 e. The largest absolute Gasteiger partial charge is 0.493 e. The number of likely N-dealkylation sites (N-methyl/N-ethyl adjacent to an activating group) is 1. The summed E-state index contributed by atoms with van der Waals surface area (Å²) in [6.07, 6.45) is 1.64. The van der Waals surface area contributed by atoms with Crippen molar-refractivity contribution in [3.63, 3.8) is 0 Å². The highest BCUT2D eigenvalue weighted by Gasteiger charge is 2.31. The van der Waals surface area contributed by atoms with Crippen molar-refractivity contribution < 1.29 is 19.1 Å². The van der Waals surface area contributed by atoms with Crippen LogP contribution in [0.3, 0.4) is 0 Å². The number of methoxy groups -OCH3 is 1. The normalized spacial score (nSPS) is 15.1. The first-order valence-electron chi connectivity index (χ1n) is 8.14. The topological polar surface area (TPSA) is 79.6 Å². The Kier molecular flexibility index (Phi) is 6.07. The first-order valence-corrected chi connectivity index (χ1v) is 9.75. The van der Waals surface area contributed by atoms with Gasteiger partial charge in [0.1, 0.15) is 6.61 Å². The first-order chi connectivity index (χ1) is 13.4. The van der Waals surface area contributed by atoms with E-state index in [-0.39, 0.29) is 17.8 Å². The summed E-state index contributed by atoms with van der Waals surface area (Å²) in [7, 11) is 2.96. The van der Waals surface area contributed by atoms with Crippen molar-refractivity contribution in [2.24, 2.45) is 0 Å². The minimum atomic E-state index is -0.335. The summed E-state index contributed by atoms with van der Waals surface area (Å²) in [5.74, 6) is 0.611. The highest BCUT2D eigenvalue weighted by Crippen LogP contribution is 2.39. The van der Waals surface area contributed by atoms with Gasteiger partial charge in [-0.2, -0.15) is 5.26 Å². The molecule has 6 nitrogen and oxygen atoms in total. The molecule has 8 heteroatoms. The third kappa shape index (κ3) is 4.06. The lowest BCUT2D eigenvalue weighted by atomic mass is 10.1. The summed E-state index contributed by atoms with van der Waals surface area (Å²) < 4.78 is 11.9. The van der Waals surface area contributed by atoms with Gasteiger partial charge >= 0.3 is 0 Å². The second kappa shape index (κ2) is 8.50. The van der Waals surface area contributed by atoms with Gasteiger partial charge in [0.25, 0.3) is 11.1 Å². The van der Waals surface area contributed by atoms with Crippen molar-refractivity contribution in [2.45, 2.75) is 6.61 Å². The van der Waals surface area contributed by atoms with Gasteiger partial charge in [0.05, 0.1) is 28.1 Å². The van der Waals surface area contributed by atoms with E-state index in [4.69, 9.17) is 9.47 Å². The number of thioether (sulfide) groups is 1. The van der Waals surface area contributed by atoms with E-state index < -0.39 is 0 Å². The van der Waals surface area contributed by atoms with E-state index in [9.17, 15) is 14.9 Å². The van der Waals surface area contributed by atoms with Gasteiger partial charge in [-0.1, -0.05) is 18.2 Å². The lowest BCUT2D eigenvalue weighted by molar-refractivity contribution is -0.121. The minimum Gasteiger partial charge on any atom is -0.493 e. The number of hydrogen-bond donors (Lipinski definition) is 0. The Hall–Kier alpha value is -2.76. The van der Waals surface area contributed by atoms with Crippen molar-refractivity contribution >= 4 is 44.9 Å². The summed E-state index contributed by atoms with van der Waals surface area (Å²) in [6, 6.07) is 12.8. The summed E-state index contributed by atoms with van der Waals surface area (Å²) in [4.78, 5) is 25.1. The Morgan fingerprint density at radius 1 is 1.29 bits per heavy atom. The lowest BCUT2D eigenvalue weighted by Crippen LogP contribution is -2.22. The smallest absolute Gasteiger partial charge is 0.293 e. The van der Waals surface area contributed by atoms with E-state index in [0.717, 1.165) is 22.2 Å². The molecule has 0 N–H and O–H groups in total. The molecule has 2 aromatic carbocycles. The Bertz CT molecular complexity index is 1030. The van der Waals surface area contributed by atoms with Crippen LogP contribution in [0, 0.1) is 11.3 Å². The Labute approximate surface area is 174 Å². The van der Waals surface area contributed by atoms with Crippen LogP contribution < -0.4 is 9.47 Å². The molecule has 2 amide bonds. The molecule has 0 bridgehead atoms. The fourth-order valence-corrected chi connectivity index (χ4v) is 3.97. The average Bonchev–Trinajstić information content (AvgIpc) is 2.93. The van der Waals surface area contributed by atoms with Crippen LogP contribution in [0.1, 0.15) is 16.7 Å². The number of benzene rings is 2. The van der Waals surface area contributed by atoms with Gasteiger partial charge in [-0.3, -0.25) is 14.5 Å². The van der Waals surface area contributed by atoms with Gasteiger partial charge in [-0.15, -0.1) is 0 Å². The minimum absolute atomic E-state index is 0.201. The highest BCUT2D eigenvalue weighted by atomic mass is 79.9. The zero-order valence-corrected chi connectivity index (χ0v) is 17.5. The Morgan fingerprint density at radius 2 is 2.04 bits per heavy atom. The second-order valence-corrected chi connectivity index (χ2v) is 7.68. The van der Waals surface area contributed by atoms with Gasteiger partial charge in [0.15, 0.2) is 11.5 Å². The lowest BCUT2D eigenvalue weighted by Gasteiger charge is -2.14. The van der Waals surface area contributed by atoms with E-state index in [1.165, 1.54) is 14.2 Å². The van der Waals surface area contributed by atoms with Gasteiger partial charge in [0, 0.05) is 12.6 Å². The number of nitriles is 1. The molecular weight excluding hydrogens is 444 g/mol. The molecule has 1 aliphatic rings. The average molecular weight is 459 g/mol. The first kappa shape index (κ1) is 20.0. The molecule has 0 spiro atoms. The van der Waals surface area contributed by atoms with E-state index >= 15 is 0 Å². The highest BCUT2D eigenvalue weighted by molar-refractivity contribution is 9.10. The Balaban J connectivity index is 1.87. The van der Waals surface area contributed by atoms with E-state index in [0.29, 0.717) is 32.0 Å². The molecule has 0 unspecified atom stereocenters. The molecular formula is C20H15BrN2O4S. The zero-order chi connectivity index (χ0) is 20.3. The summed E-state index contributed by atoms with van der Waals surface area (Å²) >= 11 is 4.36. The van der Waals surface area contributed by atoms with Crippen LogP contribution in [0.25, 0.3) is 6.08 Å². The summed E-state index contributed by atoms with van der Waals surface area (Å²) in [5, 5.41) is 8.89. The molecule has 0 aliphatic carbocycles. The molecule has 1 aliphatic heterocycles. The standard InChI is InChI=1S/C20H15BrN2O4S/c1-23-19(24)17(28-20(23)25)9-12-7-15(21)18(16(8-12)26-2)27-11-14-6-4-3-5-13(14)10-22/h3-9H,11H2,1-2H3/b17-9-. The fourth-order valence-electron chi connectivity index (χ4n) is 2.57. The fraction of sp³-hybridized carbons (Fsp3) is 0.150. The molecule has 3 rings (SSSR count). The van der Waals surface area contributed by atoms with Gasteiger partial charge in [-0.25, -0.2) is 0 Å². The number of imide groups is 1. The van der Waals surface area contributed by atoms with Crippen LogP contribution in [-0.4, -0.2) is 30.2 Å². The van der Waals surface area contributed by atoms with E-state index in [1.54, 1.807) is 30.3 Å². The molecule has 1 heterocycles. The van der Waals surface area contributed by atoms with Crippen LogP contribution >= 0.6 is 27.7 Å². The van der Waals surface area contributed by atoms with Crippen LogP contribution in [0.5, 0.6) is 11.5 Å². The van der Waals surface area contributed by atoms with Crippen LogP contribution in [0.4, 0.5) is 4.79 Å². The number of rotatable bonds is 5. The SMILES string of the molecule is COc1cc(/C=C2\SC(=O)N(C)C2=O)cc(Br)c1OCc1ccccc1C#N. The zero-order valence-electron chi connectivity index (χ0n) is 15.1. The van der Waals surface area contributed by atoms with Crippen molar-refractivity contribution in [2.75, 3.05) is 14.2 Å². The molecule has 1 saturated heterocycles. The van der Waals surface area contributed by atoms with E-state index in [2.05, 4.69) is 22.0 Å². The van der Waals surface area contributed by atoms with Crippen molar-refractivity contribution in [1.29, 1.82) is 5.26 Å². The number of ether oxygens (including phenoxy) is 2. The predicted octanol–water partition coefficient (Wildman–Crippen LogP) is 4.57. The number of nitrogens with zero attached hydrogens (tertiary/aromatic N) is 2. The maximum absolute atomic E-state index is 12.1. The number of carbonyl (C=O) groups excluding carboxylic acids is 2. The third-order valence-corrected chi connectivity index (χ3v) is 5.60. The van der Waals surface area contributed by atoms with Gasteiger partial charge in [0.2, 0.25) is 0 Å². The van der Waals surface area contributed by atoms with Crippen molar-refractivity contribution in [3.8, 4) is 17.6 Å². The van der Waals surface area contributed by atoms with Gasteiger partial charge in [-0.05, 0) is 57.5 Å². The number of carbonyl (C=O) groups is 2. The summed E-state index contributed by atoms with van der Waals surface area (Å²) in [5.41, 5.74) is 2.00. The number of hydrogen-bond acceptors (Lipinski definition) is 6. The molecule has 0 radical (unpaired) electrons. The molecule has 28 heavy (non-hydrogen) atoms. The summed E-state index contributed by atoms with van der Waals surface area (Å²) in [6.45, 7) is 0.201. The molecule has 142 valence electrons. The maximum atomic E-state index is 12.1. The van der Waals surface area contributed by atoms with Crippen molar-refractivity contribution in [1.82, 2.24) is 4.90 Å². The predicted molar refractivity (Wildman–Crippen MR) is 110 cm³/mol. The second-order valence-electron chi connectivity index (χ2n) is 5.83. The third-order valence-electron chi connectivity index (χ3n) is 4.05. The monoisotopic (exact) mass is 458 g/mol. The van der Waals surface area contributed by atoms with Crippen LogP contribution in [0.15, 0.2) is 45.8 Å². The molecule has 2 aromatic rings. The Morgan fingerprint density at radius 3 is 2.68 bits per heavy atom. The van der Waals surface area contributed by atoms with E-state index in [1.807, 2.05) is 12.1 Å². The van der Waals surface area contributed by atoms with Gasteiger partial charge < -0.3 is 9.47 Å². The molecule has 0 saturated carbocycles. The molecule has 0 aromatic heterocycles. The van der Waals surface area contributed by atoms with Crippen molar-refractivity contribution in [3.05, 3.63) is 62.5 Å². The molecule has 1 fully saturated rings. The number of halogens is 1. The van der Waals surface area contributed by atoms with Crippen LogP contribution in [-0.2, 0) is 11.4 Å². The molecule has 0 atom stereocenters. The quantitative estimate of drug-likeness (QED) is 0.610. The van der Waals surface area contributed by atoms with Crippen LogP contribution in [0.2, 0.25) is 0 Å².